The van der Waals surface area contributed by atoms with Crippen molar-refractivity contribution in [2.75, 3.05) is 0 Å². The number of hydrogen-bond donors (Lipinski definition) is 2. The van der Waals surface area contributed by atoms with Gasteiger partial charge >= 0.3 is 0 Å². The predicted octanol–water partition coefficient (Wildman–Crippen LogP) is 2.92. The third-order valence-electron chi connectivity index (χ3n) is 4.79. The van der Waals surface area contributed by atoms with Crippen molar-refractivity contribution < 1.29 is 29.4 Å². The number of allylic oxidation sites excluding steroid dienone is 2. The van der Waals surface area contributed by atoms with Crippen LogP contribution in [0.2, 0.25) is 0 Å². The molecule has 0 spiro atoms. The Labute approximate surface area is 153 Å². The zero-order valence-electron chi connectivity index (χ0n) is 13.9. The fourth-order valence-electron chi connectivity index (χ4n) is 3.43. The Morgan fingerprint density at radius 3 is 1.33 bits per heavy atom. The minimum absolute atomic E-state index is 0.232. The van der Waals surface area contributed by atoms with Crippen LogP contribution in [0.15, 0.2) is 60.1 Å². The highest BCUT2D eigenvalue weighted by Crippen LogP contribution is 2.30. The zero-order chi connectivity index (χ0) is 19.3. The predicted molar refractivity (Wildman–Crippen MR) is 94.4 cm³/mol. The second kappa shape index (κ2) is 5.88. The van der Waals surface area contributed by atoms with Crippen molar-refractivity contribution in [3.8, 4) is 0 Å². The molecular formula is C21H12O6. The number of aliphatic hydroxyl groups is 2. The molecule has 2 aliphatic carbocycles. The van der Waals surface area contributed by atoms with Crippen molar-refractivity contribution in [3.63, 3.8) is 0 Å². The minimum atomic E-state index is -0.521. The lowest BCUT2D eigenvalue weighted by atomic mass is 9.97. The van der Waals surface area contributed by atoms with E-state index in [1.54, 1.807) is 24.3 Å². The van der Waals surface area contributed by atoms with E-state index in [4.69, 9.17) is 10.2 Å². The van der Waals surface area contributed by atoms with Crippen molar-refractivity contribution >= 4 is 23.1 Å². The van der Waals surface area contributed by atoms with Gasteiger partial charge in [-0.1, -0.05) is 12.1 Å². The highest BCUT2D eigenvalue weighted by atomic mass is 16.2. The first-order valence-corrected chi connectivity index (χ1v) is 8.09. The monoisotopic (exact) mass is 360 g/mol. The Kier molecular flexibility index (Phi) is 3.63. The summed E-state index contributed by atoms with van der Waals surface area (Å²) in [6.07, 6.45) is 1.43. The van der Waals surface area contributed by atoms with E-state index in [9.17, 15) is 19.2 Å². The van der Waals surface area contributed by atoms with Gasteiger partial charge in [0.2, 0.25) is 23.1 Å². The summed E-state index contributed by atoms with van der Waals surface area (Å²) in [4.78, 5) is 48.4. The van der Waals surface area contributed by atoms with E-state index >= 15 is 0 Å². The van der Waals surface area contributed by atoms with Gasteiger partial charge in [-0.2, -0.15) is 0 Å². The molecule has 0 heterocycles. The quantitative estimate of drug-likeness (QED) is 0.484. The summed E-state index contributed by atoms with van der Waals surface area (Å²) in [6.45, 7) is 0. The summed E-state index contributed by atoms with van der Waals surface area (Å²) < 4.78 is 0. The van der Waals surface area contributed by atoms with Crippen LogP contribution in [-0.4, -0.2) is 33.3 Å². The molecule has 2 N–H and O–H groups in total. The third-order valence-corrected chi connectivity index (χ3v) is 4.79. The molecule has 27 heavy (non-hydrogen) atoms. The molecule has 132 valence electrons. The highest BCUT2D eigenvalue weighted by molar-refractivity contribution is 6.40. The van der Waals surface area contributed by atoms with Crippen LogP contribution in [0.5, 0.6) is 0 Å². The SMILES string of the molecule is O=C1/C(=C/O)C(=O)c2cc(Cc3ccc4c(c3)C(=O)/C(=C\O)C4=O)ccc21. The average Bonchev–Trinajstić information content (AvgIpc) is 3.05. The summed E-state index contributed by atoms with van der Waals surface area (Å²) in [6, 6.07) is 9.65. The van der Waals surface area contributed by atoms with E-state index in [-0.39, 0.29) is 33.4 Å². The van der Waals surface area contributed by atoms with Gasteiger partial charge in [0, 0.05) is 22.3 Å². The van der Waals surface area contributed by atoms with Crippen LogP contribution in [0, 0.1) is 0 Å². The maximum atomic E-state index is 12.2. The summed E-state index contributed by atoms with van der Waals surface area (Å²) in [7, 11) is 0. The molecule has 0 atom stereocenters. The van der Waals surface area contributed by atoms with Gasteiger partial charge in [-0.3, -0.25) is 19.2 Å². The second-order valence-corrected chi connectivity index (χ2v) is 6.34. The molecule has 2 aliphatic rings. The number of aliphatic hydroxyl groups excluding tert-OH is 2. The third kappa shape index (κ3) is 2.34. The topological polar surface area (TPSA) is 109 Å². The van der Waals surface area contributed by atoms with Gasteiger partial charge in [0.15, 0.2) is 0 Å². The molecule has 0 amide bonds. The van der Waals surface area contributed by atoms with Crippen LogP contribution in [0.3, 0.4) is 0 Å². The summed E-state index contributed by atoms with van der Waals surface area (Å²) >= 11 is 0. The lowest BCUT2D eigenvalue weighted by Crippen LogP contribution is -2.00. The van der Waals surface area contributed by atoms with E-state index in [0.717, 1.165) is 11.1 Å². The van der Waals surface area contributed by atoms with Gasteiger partial charge < -0.3 is 10.2 Å². The standard InChI is InChI=1S/C21H12O6/c22-8-16-18(24)12-3-1-10(6-14(12)20(16)26)5-11-2-4-13-15(7-11)21(27)17(9-23)19(13)25/h1-4,6-9,22-23H,5H2/b16-8-,17-9-. The Morgan fingerprint density at radius 2 is 0.963 bits per heavy atom. The lowest BCUT2D eigenvalue weighted by Gasteiger charge is -2.06. The van der Waals surface area contributed by atoms with E-state index in [1.165, 1.54) is 12.1 Å². The van der Waals surface area contributed by atoms with Crippen molar-refractivity contribution in [2.24, 2.45) is 0 Å². The van der Waals surface area contributed by atoms with Gasteiger partial charge in [0.25, 0.3) is 0 Å². The zero-order valence-corrected chi connectivity index (χ0v) is 13.9. The molecule has 0 aromatic heterocycles. The van der Waals surface area contributed by atoms with Gasteiger partial charge in [-0.15, -0.1) is 0 Å². The van der Waals surface area contributed by atoms with Crippen molar-refractivity contribution in [1.29, 1.82) is 0 Å². The van der Waals surface area contributed by atoms with Gasteiger partial charge in [-0.05, 0) is 41.8 Å². The van der Waals surface area contributed by atoms with Gasteiger partial charge in [-0.25, -0.2) is 0 Å². The number of hydrogen-bond acceptors (Lipinski definition) is 6. The highest BCUT2D eigenvalue weighted by Gasteiger charge is 2.34. The van der Waals surface area contributed by atoms with Crippen LogP contribution in [0.1, 0.15) is 52.6 Å². The number of carbonyl (C=O) groups excluding carboxylic acids is 4. The fourth-order valence-corrected chi connectivity index (χ4v) is 3.43. The molecule has 0 aliphatic heterocycles. The molecule has 0 fully saturated rings. The molecular weight excluding hydrogens is 348 g/mol. The number of Topliss-reactive ketones (excluding diaryl/α,β-unsaturated/α-hetero) is 4. The van der Waals surface area contributed by atoms with Crippen molar-refractivity contribution in [1.82, 2.24) is 0 Å². The van der Waals surface area contributed by atoms with Gasteiger partial charge in [0.1, 0.15) is 11.1 Å². The van der Waals surface area contributed by atoms with Crippen LogP contribution in [-0.2, 0) is 6.42 Å². The van der Waals surface area contributed by atoms with Crippen LogP contribution >= 0.6 is 0 Å². The molecule has 0 bridgehead atoms. The molecule has 4 rings (SSSR count). The molecule has 0 saturated carbocycles. The fraction of sp³-hybridized carbons (Fsp3) is 0.0476. The second-order valence-electron chi connectivity index (χ2n) is 6.34. The molecule has 2 aromatic carbocycles. The Bertz CT molecular complexity index is 1040. The molecule has 2 aromatic rings. The summed E-state index contributed by atoms with van der Waals surface area (Å²) in [5, 5.41) is 18.2. The number of fused-ring (bicyclic) bond motifs is 2. The number of benzene rings is 2. The first-order chi connectivity index (χ1) is 13.0. The van der Waals surface area contributed by atoms with Crippen LogP contribution in [0.25, 0.3) is 0 Å². The van der Waals surface area contributed by atoms with E-state index in [1.807, 2.05) is 0 Å². The van der Waals surface area contributed by atoms with E-state index in [2.05, 4.69) is 0 Å². The molecule has 0 unspecified atom stereocenters. The Balaban J connectivity index is 1.68. The largest absolute Gasteiger partial charge is 0.515 e. The number of rotatable bonds is 2. The average molecular weight is 360 g/mol. The number of carbonyl (C=O) groups is 4. The van der Waals surface area contributed by atoms with Crippen molar-refractivity contribution in [2.45, 2.75) is 6.42 Å². The maximum absolute atomic E-state index is 12.2. The summed E-state index contributed by atoms with van der Waals surface area (Å²) in [5.41, 5.74) is 1.92. The van der Waals surface area contributed by atoms with E-state index < -0.39 is 23.1 Å². The molecule has 6 heteroatoms. The first kappa shape index (κ1) is 16.7. The lowest BCUT2D eigenvalue weighted by molar-refractivity contribution is 0.0968. The number of ketones is 4. The summed E-state index contributed by atoms with van der Waals surface area (Å²) in [5.74, 6) is -2.05. The normalized spacial score (nSPS) is 18.5. The Hall–Kier alpha value is -3.80. The molecule has 0 saturated heterocycles. The van der Waals surface area contributed by atoms with Crippen LogP contribution < -0.4 is 0 Å². The molecule has 0 radical (unpaired) electrons. The smallest absolute Gasteiger partial charge is 0.200 e. The first-order valence-electron chi connectivity index (χ1n) is 8.09. The minimum Gasteiger partial charge on any atom is -0.515 e. The molecule has 6 nitrogen and oxygen atoms in total. The Morgan fingerprint density at radius 1 is 0.593 bits per heavy atom. The maximum Gasteiger partial charge on any atom is 0.200 e. The van der Waals surface area contributed by atoms with E-state index in [0.29, 0.717) is 18.9 Å². The van der Waals surface area contributed by atoms with Gasteiger partial charge in [0.05, 0.1) is 12.5 Å². The van der Waals surface area contributed by atoms with Crippen LogP contribution in [0.4, 0.5) is 0 Å². The van der Waals surface area contributed by atoms with Crippen molar-refractivity contribution in [3.05, 3.63) is 93.4 Å².